The molecule has 0 aromatic carbocycles. The zero-order valence-electron chi connectivity index (χ0n) is 11.8. The number of likely N-dealkylation sites (tertiary alicyclic amines) is 1. The molecule has 1 amide bonds. The number of amides is 1. The SMILES string of the molecule is O=C(CN1CCCC(CCO)C1)NC1CCS(=O)(=O)C1. The van der Waals surface area contributed by atoms with Gasteiger partial charge < -0.3 is 10.4 Å². The second-order valence-electron chi connectivity index (χ2n) is 5.92. The lowest BCUT2D eigenvalue weighted by molar-refractivity contribution is -0.123. The van der Waals surface area contributed by atoms with Crippen molar-refractivity contribution in [2.75, 3.05) is 37.7 Å². The summed E-state index contributed by atoms with van der Waals surface area (Å²) in [5.41, 5.74) is 0. The van der Waals surface area contributed by atoms with Gasteiger partial charge in [-0.25, -0.2) is 8.42 Å². The number of rotatable bonds is 5. The van der Waals surface area contributed by atoms with Gasteiger partial charge in [0.15, 0.2) is 9.84 Å². The Bertz CT molecular complexity index is 436. The molecule has 2 aliphatic rings. The van der Waals surface area contributed by atoms with Crippen LogP contribution in [0.1, 0.15) is 25.7 Å². The fourth-order valence-corrected chi connectivity index (χ4v) is 4.77. The van der Waals surface area contributed by atoms with Crippen LogP contribution in [0.15, 0.2) is 0 Å². The predicted molar refractivity (Wildman–Crippen MR) is 76.1 cm³/mol. The molecule has 116 valence electrons. The van der Waals surface area contributed by atoms with Crippen LogP contribution in [0.3, 0.4) is 0 Å². The Morgan fingerprint density at radius 1 is 1.35 bits per heavy atom. The fourth-order valence-electron chi connectivity index (χ4n) is 3.10. The molecule has 2 atom stereocenters. The molecule has 0 aliphatic carbocycles. The second-order valence-corrected chi connectivity index (χ2v) is 8.15. The first-order chi connectivity index (χ1) is 9.48. The lowest BCUT2D eigenvalue weighted by Gasteiger charge is -2.32. The standard InChI is InChI=1S/C13H24N2O4S/c16-6-3-11-2-1-5-15(8-11)9-13(17)14-12-4-7-20(18,19)10-12/h11-12,16H,1-10H2,(H,14,17). The van der Waals surface area contributed by atoms with Crippen molar-refractivity contribution in [1.82, 2.24) is 10.2 Å². The minimum atomic E-state index is -2.95. The minimum Gasteiger partial charge on any atom is -0.396 e. The molecule has 20 heavy (non-hydrogen) atoms. The van der Waals surface area contributed by atoms with Gasteiger partial charge in [-0.2, -0.15) is 0 Å². The number of aliphatic hydroxyl groups is 1. The van der Waals surface area contributed by atoms with Gasteiger partial charge in [0, 0.05) is 19.2 Å². The van der Waals surface area contributed by atoms with Crippen LogP contribution < -0.4 is 5.32 Å². The summed E-state index contributed by atoms with van der Waals surface area (Å²) in [5, 5.41) is 11.8. The maximum absolute atomic E-state index is 11.9. The van der Waals surface area contributed by atoms with Crippen molar-refractivity contribution in [3.8, 4) is 0 Å². The number of sulfone groups is 1. The van der Waals surface area contributed by atoms with Crippen LogP contribution in [0.4, 0.5) is 0 Å². The molecule has 2 fully saturated rings. The van der Waals surface area contributed by atoms with Crippen molar-refractivity contribution in [3.05, 3.63) is 0 Å². The van der Waals surface area contributed by atoms with Crippen LogP contribution in [0.25, 0.3) is 0 Å². The van der Waals surface area contributed by atoms with Crippen LogP contribution in [0, 0.1) is 5.92 Å². The van der Waals surface area contributed by atoms with E-state index in [1.165, 1.54) is 0 Å². The number of carbonyl (C=O) groups is 1. The summed E-state index contributed by atoms with van der Waals surface area (Å²) in [6, 6.07) is -0.217. The quantitative estimate of drug-likeness (QED) is 0.707. The number of nitrogens with one attached hydrogen (secondary N) is 1. The van der Waals surface area contributed by atoms with Gasteiger partial charge in [-0.15, -0.1) is 0 Å². The Kier molecular flexibility index (Phi) is 5.40. The first-order valence-electron chi connectivity index (χ1n) is 7.31. The molecule has 6 nitrogen and oxygen atoms in total. The van der Waals surface area contributed by atoms with Gasteiger partial charge >= 0.3 is 0 Å². The highest BCUT2D eigenvalue weighted by Crippen LogP contribution is 2.19. The summed E-state index contributed by atoms with van der Waals surface area (Å²) in [6.07, 6.45) is 3.48. The smallest absolute Gasteiger partial charge is 0.234 e. The summed E-state index contributed by atoms with van der Waals surface area (Å²) in [7, 11) is -2.95. The summed E-state index contributed by atoms with van der Waals surface area (Å²) < 4.78 is 22.7. The molecule has 2 rings (SSSR count). The van der Waals surface area contributed by atoms with E-state index in [9.17, 15) is 13.2 Å². The molecule has 2 aliphatic heterocycles. The van der Waals surface area contributed by atoms with E-state index in [4.69, 9.17) is 5.11 Å². The number of carbonyl (C=O) groups excluding carboxylic acids is 1. The third kappa shape index (κ3) is 4.71. The molecule has 2 heterocycles. The van der Waals surface area contributed by atoms with E-state index in [1.807, 2.05) is 0 Å². The van der Waals surface area contributed by atoms with Gasteiger partial charge in [0.05, 0.1) is 18.1 Å². The molecule has 0 radical (unpaired) electrons. The van der Waals surface area contributed by atoms with Crippen molar-refractivity contribution in [1.29, 1.82) is 0 Å². The van der Waals surface area contributed by atoms with Crippen molar-refractivity contribution >= 4 is 15.7 Å². The average Bonchev–Trinajstić information content (AvgIpc) is 2.69. The summed E-state index contributed by atoms with van der Waals surface area (Å²) in [4.78, 5) is 14.0. The van der Waals surface area contributed by atoms with E-state index in [1.54, 1.807) is 0 Å². The van der Waals surface area contributed by atoms with Gasteiger partial charge in [-0.3, -0.25) is 9.69 Å². The van der Waals surface area contributed by atoms with Crippen LogP contribution in [0.5, 0.6) is 0 Å². The maximum Gasteiger partial charge on any atom is 0.234 e. The van der Waals surface area contributed by atoms with Gasteiger partial charge in [0.2, 0.25) is 5.91 Å². The van der Waals surface area contributed by atoms with Crippen LogP contribution in [0.2, 0.25) is 0 Å². The molecule has 2 N–H and O–H groups in total. The van der Waals surface area contributed by atoms with E-state index in [0.717, 1.165) is 32.4 Å². The van der Waals surface area contributed by atoms with E-state index < -0.39 is 9.84 Å². The highest BCUT2D eigenvalue weighted by molar-refractivity contribution is 7.91. The predicted octanol–water partition coefficient (Wildman–Crippen LogP) is -0.616. The number of hydrogen-bond acceptors (Lipinski definition) is 5. The van der Waals surface area contributed by atoms with Gasteiger partial charge in [0.1, 0.15) is 0 Å². The molecule has 0 saturated carbocycles. The normalized spacial score (nSPS) is 30.2. The fraction of sp³-hybridized carbons (Fsp3) is 0.923. The molecule has 2 saturated heterocycles. The Hall–Kier alpha value is -0.660. The molecule has 7 heteroatoms. The Morgan fingerprint density at radius 3 is 2.80 bits per heavy atom. The van der Waals surface area contributed by atoms with Crippen molar-refractivity contribution in [3.63, 3.8) is 0 Å². The van der Waals surface area contributed by atoms with Gasteiger partial charge in [-0.05, 0) is 38.1 Å². The van der Waals surface area contributed by atoms with Crippen molar-refractivity contribution < 1.29 is 18.3 Å². The number of nitrogens with zero attached hydrogens (tertiary/aromatic N) is 1. The van der Waals surface area contributed by atoms with E-state index in [2.05, 4.69) is 10.2 Å². The van der Waals surface area contributed by atoms with E-state index in [0.29, 0.717) is 18.9 Å². The highest BCUT2D eigenvalue weighted by Gasteiger charge is 2.29. The highest BCUT2D eigenvalue weighted by atomic mass is 32.2. The Morgan fingerprint density at radius 2 is 2.15 bits per heavy atom. The lowest BCUT2D eigenvalue weighted by atomic mass is 9.95. The molecule has 0 aromatic rings. The molecular weight excluding hydrogens is 280 g/mol. The summed E-state index contributed by atoms with van der Waals surface area (Å²) in [5.74, 6) is 0.636. The van der Waals surface area contributed by atoms with Gasteiger partial charge in [-0.1, -0.05) is 0 Å². The van der Waals surface area contributed by atoms with Crippen LogP contribution >= 0.6 is 0 Å². The summed E-state index contributed by atoms with van der Waals surface area (Å²) >= 11 is 0. The number of aliphatic hydroxyl groups excluding tert-OH is 1. The molecule has 0 bridgehead atoms. The first kappa shape index (κ1) is 15.7. The van der Waals surface area contributed by atoms with Crippen molar-refractivity contribution in [2.24, 2.45) is 5.92 Å². The molecular formula is C13H24N2O4S. The monoisotopic (exact) mass is 304 g/mol. The average molecular weight is 304 g/mol. The lowest BCUT2D eigenvalue weighted by Crippen LogP contribution is -2.45. The van der Waals surface area contributed by atoms with Gasteiger partial charge in [0.25, 0.3) is 0 Å². The largest absolute Gasteiger partial charge is 0.396 e. The molecule has 0 spiro atoms. The Balaban J connectivity index is 1.74. The third-order valence-corrected chi connectivity index (χ3v) is 5.87. The summed E-state index contributed by atoms with van der Waals surface area (Å²) in [6.45, 7) is 2.28. The maximum atomic E-state index is 11.9. The van der Waals surface area contributed by atoms with Crippen molar-refractivity contribution in [2.45, 2.75) is 31.7 Å². The van der Waals surface area contributed by atoms with Crippen LogP contribution in [-0.2, 0) is 14.6 Å². The zero-order valence-corrected chi connectivity index (χ0v) is 12.6. The second kappa shape index (κ2) is 6.87. The molecule has 0 aromatic heterocycles. The zero-order chi connectivity index (χ0) is 14.6. The topological polar surface area (TPSA) is 86.7 Å². The third-order valence-electron chi connectivity index (χ3n) is 4.11. The van der Waals surface area contributed by atoms with E-state index in [-0.39, 0.29) is 30.1 Å². The number of hydrogen-bond donors (Lipinski definition) is 2. The first-order valence-corrected chi connectivity index (χ1v) is 9.13. The van der Waals surface area contributed by atoms with E-state index >= 15 is 0 Å². The number of piperidine rings is 1. The Labute approximate surface area is 120 Å². The van der Waals surface area contributed by atoms with Crippen LogP contribution in [-0.4, -0.2) is 68.1 Å². The molecule has 2 unspecified atom stereocenters. The minimum absolute atomic E-state index is 0.0753.